The number of nitrogens with zero attached hydrogens (tertiary/aromatic N) is 2. The number of carbonyl (C=O) groups excluding carboxylic acids is 1. The fraction of sp³-hybridized carbons (Fsp3) is 0.423. The van der Waals surface area contributed by atoms with Crippen LogP contribution in [0.15, 0.2) is 35.2 Å². The van der Waals surface area contributed by atoms with Crippen molar-refractivity contribution in [3.8, 4) is 0 Å². The summed E-state index contributed by atoms with van der Waals surface area (Å²) in [5.41, 5.74) is 6.83. The Balaban J connectivity index is 1.46. The SMILES string of the molecule is CCc1cc2c3c([nH]c2cc1S(=O)(=O)N1CCN(c2cc(C)ccc2C)CC1)CCCC3=O. The molecule has 0 bridgehead atoms. The highest BCUT2D eigenvalue weighted by molar-refractivity contribution is 7.89. The molecular weight excluding hydrogens is 434 g/mol. The van der Waals surface area contributed by atoms with E-state index in [-0.39, 0.29) is 5.78 Å². The van der Waals surface area contributed by atoms with Gasteiger partial charge in [0.1, 0.15) is 0 Å². The molecule has 1 saturated heterocycles. The summed E-state index contributed by atoms with van der Waals surface area (Å²) in [6.45, 7) is 8.39. The molecule has 0 unspecified atom stereocenters. The fourth-order valence-corrected chi connectivity index (χ4v) is 6.99. The maximum atomic E-state index is 13.7. The number of Topliss-reactive ketones (excluding diaryl/α,β-unsaturated/α-hetero) is 1. The van der Waals surface area contributed by atoms with Crippen LogP contribution >= 0.6 is 0 Å². The van der Waals surface area contributed by atoms with Crippen molar-refractivity contribution in [2.75, 3.05) is 31.1 Å². The van der Waals surface area contributed by atoms with Gasteiger partial charge in [0.25, 0.3) is 0 Å². The first-order chi connectivity index (χ1) is 15.8. The second-order valence-electron chi connectivity index (χ2n) is 9.30. The van der Waals surface area contributed by atoms with Crippen molar-refractivity contribution in [2.45, 2.75) is 51.3 Å². The third-order valence-corrected chi connectivity index (χ3v) is 9.09. The van der Waals surface area contributed by atoms with Crippen LogP contribution in [0.25, 0.3) is 10.9 Å². The number of rotatable bonds is 4. The molecule has 0 atom stereocenters. The predicted octanol–water partition coefficient (Wildman–Crippen LogP) is 4.38. The van der Waals surface area contributed by atoms with Crippen LogP contribution in [-0.4, -0.2) is 49.7 Å². The number of aromatic amines is 1. The molecule has 1 aliphatic heterocycles. The number of aryl methyl sites for hydroxylation is 4. The van der Waals surface area contributed by atoms with Crippen molar-refractivity contribution in [1.29, 1.82) is 0 Å². The van der Waals surface area contributed by atoms with E-state index in [4.69, 9.17) is 0 Å². The molecule has 33 heavy (non-hydrogen) atoms. The van der Waals surface area contributed by atoms with Gasteiger partial charge >= 0.3 is 0 Å². The van der Waals surface area contributed by atoms with E-state index < -0.39 is 10.0 Å². The molecule has 6 nitrogen and oxygen atoms in total. The van der Waals surface area contributed by atoms with E-state index >= 15 is 0 Å². The van der Waals surface area contributed by atoms with Gasteiger partial charge in [0.2, 0.25) is 10.0 Å². The van der Waals surface area contributed by atoms with Crippen LogP contribution in [0, 0.1) is 13.8 Å². The number of carbonyl (C=O) groups is 1. The molecular formula is C26H31N3O3S. The van der Waals surface area contributed by atoms with Gasteiger partial charge in [-0.25, -0.2) is 8.42 Å². The average Bonchev–Trinajstić information content (AvgIpc) is 3.18. The summed E-state index contributed by atoms with van der Waals surface area (Å²) in [6, 6.07) is 10.1. The van der Waals surface area contributed by atoms with Gasteiger partial charge in [-0.3, -0.25) is 4.79 Å². The lowest BCUT2D eigenvalue weighted by Crippen LogP contribution is -2.49. The monoisotopic (exact) mass is 465 g/mol. The van der Waals surface area contributed by atoms with Crippen molar-refractivity contribution >= 4 is 32.4 Å². The lowest BCUT2D eigenvalue weighted by atomic mass is 9.94. The van der Waals surface area contributed by atoms with E-state index in [1.807, 2.05) is 13.0 Å². The maximum absolute atomic E-state index is 13.7. The first-order valence-electron chi connectivity index (χ1n) is 11.8. The molecule has 1 aromatic heterocycles. The number of hydrogen-bond acceptors (Lipinski definition) is 4. The Morgan fingerprint density at radius 3 is 2.48 bits per heavy atom. The Kier molecular flexibility index (Phi) is 5.57. The smallest absolute Gasteiger partial charge is 0.243 e. The molecule has 5 rings (SSSR count). The van der Waals surface area contributed by atoms with E-state index in [2.05, 4.69) is 41.9 Å². The van der Waals surface area contributed by atoms with Gasteiger partial charge in [0.05, 0.1) is 4.90 Å². The van der Waals surface area contributed by atoms with E-state index in [0.29, 0.717) is 43.9 Å². The van der Waals surface area contributed by atoms with Gasteiger partial charge in [-0.1, -0.05) is 19.1 Å². The molecule has 3 aromatic rings. The number of nitrogens with one attached hydrogen (secondary N) is 1. The van der Waals surface area contributed by atoms with Crippen molar-refractivity contribution in [1.82, 2.24) is 9.29 Å². The average molecular weight is 466 g/mol. The predicted molar refractivity (Wildman–Crippen MR) is 132 cm³/mol. The zero-order valence-corrected chi connectivity index (χ0v) is 20.4. The van der Waals surface area contributed by atoms with Crippen LogP contribution < -0.4 is 4.90 Å². The van der Waals surface area contributed by atoms with Crippen LogP contribution in [0.2, 0.25) is 0 Å². The lowest BCUT2D eigenvalue weighted by Gasteiger charge is -2.36. The van der Waals surface area contributed by atoms with Crippen molar-refractivity contribution < 1.29 is 13.2 Å². The Morgan fingerprint density at radius 2 is 1.76 bits per heavy atom. The molecule has 1 N–H and O–H groups in total. The van der Waals surface area contributed by atoms with Crippen molar-refractivity contribution in [3.05, 3.63) is 58.3 Å². The highest BCUT2D eigenvalue weighted by Crippen LogP contribution is 2.34. The molecule has 2 aromatic carbocycles. The molecule has 0 amide bonds. The number of fused-ring (bicyclic) bond motifs is 3. The zero-order valence-electron chi connectivity index (χ0n) is 19.6. The molecule has 7 heteroatoms. The largest absolute Gasteiger partial charge is 0.369 e. The molecule has 2 heterocycles. The standard InChI is InChI=1S/C26H31N3O3S/c1-4-19-15-20-22(27-21-6-5-7-24(30)26(20)21)16-25(19)33(31,32)29-12-10-28(11-13-29)23-14-17(2)8-9-18(23)3/h8-9,14-16,27H,4-7,10-13H2,1-3H3. The molecule has 0 spiro atoms. The third-order valence-electron chi connectivity index (χ3n) is 7.11. The lowest BCUT2D eigenvalue weighted by molar-refractivity contribution is 0.0974. The summed E-state index contributed by atoms with van der Waals surface area (Å²) in [6.07, 6.45) is 2.84. The van der Waals surface area contributed by atoms with Gasteiger partial charge in [-0.15, -0.1) is 0 Å². The number of H-pyrrole nitrogens is 1. The Labute approximate surface area is 195 Å². The van der Waals surface area contributed by atoms with Crippen LogP contribution in [0.3, 0.4) is 0 Å². The molecule has 1 fully saturated rings. The quantitative estimate of drug-likeness (QED) is 0.621. The number of anilines is 1. The summed E-state index contributed by atoms with van der Waals surface area (Å²) in [5.74, 6) is 0.155. The third kappa shape index (κ3) is 3.77. The molecule has 1 aliphatic carbocycles. The van der Waals surface area contributed by atoms with Crippen LogP contribution in [0.4, 0.5) is 5.69 Å². The number of sulfonamides is 1. The topological polar surface area (TPSA) is 73.5 Å². The van der Waals surface area contributed by atoms with Crippen LogP contribution in [-0.2, 0) is 22.9 Å². The fourth-order valence-electron chi connectivity index (χ4n) is 5.26. The molecule has 2 aliphatic rings. The first kappa shape index (κ1) is 22.2. The summed E-state index contributed by atoms with van der Waals surface area (Å²) in [4.78, 5) is 18.5. The summed E-state index contributed by atoms with van der Waals surface area (Å²) in [7, 11) is -3.63. The number of ketones is 1. The summed E-state index contributed by atoms with van der Waals surface area (Å²) >= 11 is 0. The van der Waals surface area contributed by atoms with Crippen LogP contribution in [0.1, 0.15) is 52.5 Å². The zero-order chi connectivity index (χ0) is 23.3. The van der Waals surface area contributed by atoms with E-state index in [0.717, 1.165) is 40.6 Å². The Hall–Kier alpha value is -2.64. The minimum absolute atomic E-state index is 0.155. The minimum atomic E-state index is -3.63. The molecule has 0 radical (unpaired) electrons. The van der Waals surface area contributed by atoms with E-state index in [9.17, 15) is 13.2 Å². The van der Waals surface area contributed by atoms with Gasteiger partial charge in [-0.2, -0.15) is 4.31 Å². The normalized spacial score (nSPS) is 17.5. The highest BCUT2D eigenvalue weighted by atomic mass is 32.2. The Bertz CT molecular complexity index is 1350. The number of aromatic nitrogens is 1. The highest BCUT2D eigenvalue weighted by Gasteiger charge is 2.32. The van der Waals surface area contributed by atoms with Crippen molar-refractivity contribution in [2.24, 2.45) is 0 Å². The maximum Gasteiger partial charge on any atom is 0.243 e. The number of hydrogen-bond donors (Lipinski definition) is 1. The van der Waals surface area contributed by atoms with E-state index in [1.54, 1.807) is 10.4 Å². The molecule has 174 valence electrons. The van der Waals surface area contributed by atoms with Gasteiger partial charge in [0, 0.05) is 60.4 Å². The minimum Gasteiger partial charge on any atom is -0.369 e. The number of benzene rings is 2. The number of piperazine rings is 1. The Morgan fingerprint density at radius 1 is 1.00 bits per heavy atom. The van der Waals surface area contributed by atoms with Gasteiger partial charge in [0.15, 0.2) is 5.78 Å². The van der Waals surface area contributed by atoms with Gasteiger partial charge in [-0.05, 0) is 68.0 Å². The first-order valence-corrected chi connectivity index (χ1v) is 13.3. The summed E-state index contributed by atoms with van der Waals surface area (Å²) in [5, 5.41) is 0.866. The van der Waals surface area contributed by atoms with E-state index in [1.165, 1.54) is 16.8 Å². The van der Waals surface area contributed by atoms with Gasteiger partial charge < -0.3 is 9.88 Å². The second kappa shape index (κ2) is 8.29. The molecule has 0 saturated carbocycles. The van der Waals surface area contributed by atoms with Crippen LogP contribution in [0.5, 0.6) is 0 Å². The second-order valence-corrected chi connectivity index (χ2v) is 11.2. The summed E-state index contributed by atoms with van der Waals surface area (Å²) < 4.78 is 29.0. The van der Waals surface area contributed by atoms with Crippen molar-refractivity contribution in [3.63, 3.8) is 0 Å².